The van der Waals surface area contributed by atoms with Crippen molar-refractivity contribution >= 4 is 10.8 Å². The zero-order chi connectivity index (χ0) is 8.10. The monoisotopic (exact) mass is 166 g/mol. The molecule has 11 heavy (non-hydrogen) atoms. The summed E-state index contributed by atoms with van der Waals surface area (Å²) in [5.41, 5.74) is 1.09. The molecule has 0 N–H and O–H groups in total. The van der Waals surface area contributed by atoms with Gasteiger partial charge < -0.3 is 0 Å². The molecule has 0 aromatic heterocycles. The average Bonchev–Trinajstić information content (AvgIpc) is 2.06. The van der Waals surface area contributed by atoms with Crippen molar-refractivity contribution in [2.75, 3.05) is 0 Å². The molecule has 1 aromatic rings. The molecule has 0 spiro atoms. The Labute approximate surface area is 69.2 Å². The highest BCUT2D eigenvalue weighted by Crippen LogP contribution is 2.02. The second-order valence-electron chi connectivity index (χ2n) is 2.18. The van der Waals surface area contributed by atoms with Crippen molar-refractivity contribution in [3.63, 3.8) is 0 Å². The molecule has 58 valence electrons. The van der Waals surface area contributed by atoms with Gasteiger partial charge in [0.15, 0.2) is 0 Å². The van der Waals surface area contributed by atoms with Gasteiger partial charge in [-0.1, -0.05) is 36.9 Å². The summed E-state index contributed by atoms with van der Waals surface area (Å²) in [4.78, 5) is 0. The van der Waals surface area contributed by atoms with E-state index >= 15 is 0 Å². The second-order valence-corrected chi connectivity index (χ2v) is 3.56. The molecule has 1 rings (SSSR count). The Kier molecular flexibility index (Phi) is 3.05. The Morgan fingerprint density at radius 1 is 1.36 bits per heavy atom. The molecule has 1 unspecified atom stereocenters. The highest BCUT2D eigenvalue weighted by atomic mass is 32.2. The van der Waals surface area contributed by atoms with Gasteiger partial charge >= 0.3 is 0 Å². The highest BCUT2D eigenvalue weighted by Gasteiger charge is 1.94. The molecule has 1 nitrogen and oxygen atoms in total. The van der Waals surface area contributed by atoms with Crippen molar-refractivity contribution in [1.82, 2.24) is 0 Å². The summed E-state index contributed by atoms with van der Waals surface area (Å²) in [5, 5.41) is 1.47. The Hall–Kier alpha value is -0.890. The molecule has 1 atom stereocenters. The zero-order valence-corrected chi connectivity index (χ0v) is 7.01. The molecule has 0 saturated carbocycles. The van der Waals surface area contributed by atoms with Crippen molar-refractivity contribution in [3.05, 3.63) is 47.9 Å². The van der Waals surface area contributed by atoms with Gasteiger partial charge in [0, 0.05) is 10.8 Å². The minimum absolute atomic E-state index is 0.574. The highest BCUT2D eigenvalue weighted by molar-refractivity contribution is 7.87. The second kappa shape index (κ2) is 4.09. The number of benzene rings is 1. The van der Waals surface area contributed by atoms with Gasteiger partial charge in [-0.05, 0) is 11.0 Å². The molecular weight excluding hydrogens is 156 g/mol. The minimum Gasteiger partial charge on any atom is -0.255 e. The molecule has 0 heterocycles. The molecule has 0 radical (unpaired) electrons. The number of hydrogen-bond acceptors (Lipinski definition) is 1. The van der Waals surface area contributed by atoms with E-state index in [4.69, 9.17) is 0 Å². The summed E-state index contributed by atoms with van der Waals surface area (Å²) >= 11 is 0. The molecular formula is C9H10OS. The lowest BCUT2D eigenvalue weighted by molar-refractivity contribution is 0.688. The van der Waals surface area contributed by atoms with Crippen molar-refractivity contribution in [2.24, 2.45) is 0 Å². The summed E-state index contributed by atoms with van der Waals surface area (Å²) in [7, 11) is -0.914. The number of hydrogen-bond donors (Lipinski definition) is 0. The smallest absolute Gasteiger partial charge is 0.0526 e. The van der Waals surface area contributed by atoms with E-state index < -0.39 is 10.8 Å². The van der Waals surface area contributed by atoms with Crippen LogP contribution in [0.1, 0.15) is 5.56 Å². The maximum atomic E-state index is 11.0. The predicted molar refractivity (Wildman–Crippen MR) is 48.5 cm³/mol. The van der Waals surface area contributed by atoms with Crippen LogP contribution in [0.2, 0.25) is 0 Å². The molecule has 1 aromatic carbocycles. The fourth-order valence-corrected chi connectivity index (χ4v) is 1.44. The SMILES string of the molecule is C=CS(=O)Cc1ccccc1. The van der Waals surface area contributed by atoms with Gasteiger partial charge in [0.2, 0.25) is 0 Å². The molecule has 0 aliphatic carbocycles. The summed E-state index contributed by atoms with van der Waals surface area (Å²) < 4.78 is 11.0. The fourth-order valence-electron chi connectivity index (χ4n) is 0.797. The van der Waals surface area contributed by atoms with Gasteiger partial charge in [-0.15, -0.1) is 0 Å². The van der Waals surface area contributed by atoms with E-state index in [0.717, 1.165) is 5.56 Å². The van der Waals surface area contributed by atoms with E-state index in [1.807, 2.05) is 30.3 Å². The van der Waals surface area contributed by atoms with Gasteiger partial charge in [0.1, 0.15) is 0 Å². The summed E-state index contributed by atoms with van der Waals surface area (Å²) in [6.07, 6.45) is 0. The van der Waals surface area contributed by atoms with Crippen LogP contribution in [0.3, 0.4) is 0 Å². The molecule has 0 saturated heterocycles. The first-order valence-electron chi connectivity index (χ1n) is 3.36. The van der Waals surface area contributed by atoms with Crippen molar-refractivity contribution < 1.29 is 4.21 Å². The molecule has 0 bridgehead atoms. The van der Waals surface area contributed by atoms with E-state index in [2.05, 4.69) is 6.58 Å². The van der Waals surface area contributed by atoms with E-state index in [1.54, 1.807) is 0 Å². The lowest BCUT2D eigenvalue weighted by Gasteiger charge is -1.95. The summed E-state index contributed by atoms with van der Waals surface area (Å²) in [5.74, 6) is 0.574. The third kappa shape index (κ3) is 2.68. The van der Waals surface area contributed by atoms with E-state index in [9.17, 15) is 4.21 Å². The predicted octanol–water partition coefficient (Wildman–Crippen LogP) is 2.08. The topological polar surface area (TPSA) is 17.1 Å². The maximum absolute atomic E-state index is 11.0. The Balaban J connectivity index is 2.65. The molecule has 0 fully saturated rings. The average molecular weight is 166 g/mol. The lowest BCUT2D eigenvalue weighted by atomic mass is 10.2. The van der Waals surface area contributed by atoms with E-state index in [-0.39, 0.29) is 0 Å². The molecule has 0 aliphatic heterocycles. The van der Waals surface area contributed by atoms with Gasteiger partial charge in [-0.25, -0.2) is 0 Å². The summed E-state index contributed by atoms with van der Waals surface area (Å²) in [6.45, 7) is 3.46. The Bertz CT molecular complexity index is 254. The first-order valence-corrected chi connectivity index (χ1v) is 4.75. The first-order chi connectivity index (χ1) is 5.33. The minimum atomic E-state index is -0.914. The normalized spacial score (nSPS) is 12.4. The summed E-state index contributed by atoms with van der Waals surface area (Å²) in [6, 6.07) is 9.74. The van der Waals surface area contributed by atoms with Crippen LogP contribution < -0.4 is 0 Å². The van der Waals surface area contributed by atoms with Crippen molar-refractivity contribution in [3.8, 4) is 0 Å². The fraction of sp³-hybridized carbons (Fsp3) is 0.111. The van der Waals surface area contributed by atoms with E-state index in [1.165, 1.54) is 5.41 Å². The van der Waals surface area contributed by atoms with Crippen LogP contribution >= 0.6 is 0 Å². The maximum Gasteiger partial charge on any atom is 0.0526 e. The van der Waals surface area contributed by atoms with Crippen molar-refractivity contribution in [1.29, 1.82) is 0 Å². The largest absolute Gasteiger partial charge is 0.255 e. The van der Waals surface area contributed by atoms with Gasteiger partial charge in [0.25, 0.3) is 0 Å². The van der Waals surface area contributed by atoms with Gasteiger partial charge in [-0.3, -0.25) is 4.21 Å². The quantitative estimate of drug-likeness (QED) is 0.672. The van der Waals surface area contributed by atoms with Crippen LogP contribution in [0.15, 0.2) is 42.3 Å². The number of rotatable bonds is 3. The third-order valence-corrected chi connectivity index (χ3v) is 2.33. The van der Waals surface area contributed by atoms with Crippen LogP contribution in [0, 0.1) is 0 Å². The first kappa shape index (κ1) is 8.21. The standard InChI is InChI=1S/C9H10OS/c1-2-11(10)8-9-6-4-3-5-7-9/h2-7H,1,8H2. The van der Waals surface area contributed by atoms with Crippen LogP contribution in [0.4, 0.5) is 0 Å². The Morgan fingerprint density at radius 3 is 2.55 bits per heavy atom. The lowest BCUT2D eigenvalue weighted by Crippen LogP contribution is -1.89. The molecule has 0 amide bonds. The molecule has 2 heteroatoms. The van der Waals surface area contributed by atoms with Gasteiger partial charge in [-0.2, -0.15) is 0 Å². The van der Waals surface area contributed by atoms with Crippen molar-refractivity contribution in [2.45, 2.75) is 5.75 Å². The zero-order valence-electron chi connectivity index (χ0n) is 6.19. The van der Waals surface area contributed by atoms with E-state index in [0.29, 0.717) is 5.75 Å². The third-order valence-electron chi connectivity index (χ3n) is 1.34. The molecule has 0 aliphatic rings. The van der Waals surface area contributed by atoms with Crippen LogP contribution in [-0.2, 0) is 16.6 Å². The van der Waals surface area contributed by atoms with Crippen LogP contribution in [0.5, 0.6) is 0 Å². The Morgan fingerprint density at radius 2 is 2.00 bits per heavy atom. The van der Waals surface area contributed by atoms with Crippen LogP contribution in [0.25, 0.3) is 0 Å². The van der Waals surface area contributed by atoms with Crippen LogP contribution in [-0.4, -0.2) is 4.21 Å². The van der Waals surface area contributed by atoms with Gasteiger partial charge in [0.05, 0.1) is 5.75 Å².